The molecular weight excluding hydrogens is 333 g/mol. The van der Waals surface area contributed by atoms with Gasteiger partial charge in [0.1, 0.15) is 5.82 Å². The van der Waals surface area contributed by atoms with Gasteiger partial charge in [-0.25, -0.2) is 4.39 Å². The van der Waals surface area contributed by atoms with E-state index in [0.29, 0.717) is 6.42 Å². The number of aromatic nitrogens is 1. The number of pyridine rings is 1. The summed E-state index contributed by atoms with van der Waals surface area (Å²) >= 11 is 9.09. The van der Waals surface area contributed by atoms with Crippen LogP contribution in [-0.4, -0.2) is 4.98 Å². The molecule has 1 aromatic heterocycles. The third-order valence-electron chi connectivity index (χ3n) is 2.73. The Labute approximate surface area is 124 Å². The van der Waals surface area contributed by atoms with Crippen LogP contribution in [0.15, 0.2) is 41.0 Å². The molecule has 1 unspecified atom stereocenters. The van der Waals surface area contributed by atoms with Crippen LogP contribution in [-0.2, 0) is 6.42 Å². The highest BCUT2D eigenvalue weighted by atomic mass is 79.9. The molecule has 1 aromatic carbocycles. The van der Waals surface area contributed by atoms with E-state index in [4.69, 9.17) is 17.4 Å². The quantitative estimate of drug-likeness (QED) is 0.660. The largest absolute Gasteiger partial charge is 0.271 e. The van der Waals surface area contributed by atoms with Gasteiger partial charge in [0.25, 0.3) is 0 Å². The summed E-state index contributed by atoms with van der Waals surface area (Å²) in [7, 11) is 0. The molecule has 2 rings (SSSR count). The van der Waals surface area contributed by atoms with Gasteiger partial charge >= 0.3 is 0 Å². The van der Waals surface area contributed by atoms with Gasteiger partial charge in [0.15, 0.2) is 0 Å². The van der Waals surface area contributed by atoms with Crippen LogP contribution in [0.3, 0.4) is 0 Å². The smallest absolute Gasteiger partial charge is 0.141 e. The fourth-order valence-electron chi connectivity index (χ4n) is 1.74. The lowest BCUT2D eigenvalue weighted by Crippen LogP contribution is -2.30. The van der Waals surface area contributed by atoms with Crippen molar-refractivity contribution in [3.8, 4) is 0 Å². The second-order valence-corrected chi connectivity index (χ2v) is 5.40. The van der Waals surface area contributed by atoms with E-state index in [9.17, 15) is 4.39 Å². The van der Waals surface area contributed by atoms with Gasteiger partial charge in [0.05, 0.1) is 16.8 Å². The summed E-state index contributed by atoms with van der Waals surface area (Å²) in [6, 6.07) is 8.24. The molecule has 1 heterocycles. The van der Waals surface area contributed by atoms with Gasteiger partial charge in [-0.15, -0.1) is 0 Å². The maximum atomic E-state index is 13.1. The molecule has 100 valence electrons. The van der Waals surface area contributed by atoms with Crippen molar-refractivity contribution in [2.24, 2.45) is 5.84 Å². The molecular formula is C13H12BrClFN3. The van der Waals surface area contributed by atoms with E-state index >= 15 is 0 Å². The third-order valence-corrected chi connectivity index (χ3v) is 3.49. The SMILES string of the molecule is NNC(Cc1ccc(F)c(Cl)c1)c1ccc(Br)cn1. The number of nitrogens with two attached hydrogens (primary N) is 1. The van der Waals surface area contributed by atoms with Crippen LogP contribution in [0.4, 0.5) is 4.39 Å². The van der Waals surface area contributed by atoms with Gasteiger partial charge in [-0.1, -0.05) is 17.7 Å². The normalized spacial score (nSPS) is 12.4. The molecule has 19 heavy (non-hydrogen) atoms. The van der Waals surface area contributed by atoms with Crippen molar-refractivity contribution in [1.82, 2.24) is 10.4 Å². The summed E-state index contributed by atoms with van der Waals surface area (Å²) in [5.41, 5.74) is 4.41. The summed E-state index contributed by atoms with van der Waals surface area (Å²) in [4.78, 5) is 4.29. The minimum absolute atomic E-state index is 0.108. The molecule has 0 amide bonds. The molecule has 0 spiro atoms. The second-order valence-electron chi connectivity index (χ2n) is 4.07. The number of hydrazine groups is 1. The second kappa shape index (κ2) is 6.43. The molecule has 3 nitrogen and oxygen atoms in total. The highest BCUT2D eigenvalue weighted by molar-refractivity contribution is 9.10. The van der Waals surface area contributed by atoms with Gasteiger partial charge < -0.3 is 0 Å². The van der Waals surface area contributed by atoms with Crippen molar-refractivity contribution in [3.63, 3.8) is 0 Å². The molecule has 3 N–H and O–H groups in total. The fraction of sp³-hybridized carbons (Fsp3) is 0.154. The lowest BCUT2D eigenvalue weighted by Gasteiger charge is -2.15. The van der Waals surface area contributed by atoms with Crippen LogP contribution >= 0.6 is 27.5 Å². The van der Waals surface area contributed by atoms with Gasteiger partial charge in [-0.3, -0.25) is 16.3 Å². The van der Waals surface area contributed by atoms with Crippen LogP contribution in [0.2, 0.25) is 5.02 Å². The van der Waals surface area contributed by atoms with Crippen molar-refractivity contribution in [2.75, 3.05) is 0 Å². The standard InChI is InChI=1S/C13H12BrClFN3/c14-9-2-4-12(18-7-9)13(19-17)6-8-1-3-11(16)10(15)5-8/h1-5,7,13,19H,6,17H2. The topological polar surface area (TPSA) is 50.9 Å². The van der Waals surface area contributed by atoms with Gasteiger partial charge in [0, 0.05) is 10.7 Å². The number of nitrogens with zero attached hydrogens (tertiary/aromatic N) is 1. The van der Waals surface area contributed by atoms with Crippen molar-refractivity contribution in [1.29, 1.82) is 0 Å². The monoisotopic (exact) mass is 343 g/mol. The van der Waals surface area contributed by atoms with Crippen LogP contribution in [0, 0.1) is 5.82 Å². The zero-order valence-electron chi connectivity index (χ0n) is 9.91. The van der Waals surface area contributed by atoms with E-state index in [1.165, 1.54) is 6.07 Å². The molecule has 2 aromatic rings. The summed E-state index contributed by atoms with van der Waals surface area (Å²) < 4.78 is 14.0. The fourth-order valence-corrected chi connectivity index (χ4v) is 2.18. The maximum Gasteiger partial charge on any atom is 0.141 e. The van der Waals surface area contributed by atoms with Crippen molar-refractivity contribution in [3.05, 3.63) is 63.1 Å². The summed E-state index contributed by atoms with van der Waals surface area (Å²) in [6.07, 6.45) is 2.28. The number of rotatable bonds is 4. The molecule has 0 saturated heterocycles. The zero-order valence-corrected chi connectivity index (χ0v) is 12.2. The minimum atomic E-state index is -0.426. The minimum Gasteiger partial charge on any atom is -0.271 e. The number of hydrogen-bond acceptors (Lipinski definition) is 3. The van der Waals surface area contributed by atoms with E-state index in [1.807, 2.05) is 12.1 Å². The zero-order chi connectivity index (χ0) is 13.8. The van der Waals surface area contributed by atoms with Crippen LogP contribution in [0.1, 0.15) is 17.3 Å². The molecule has 0 aliphatic heterocycles. The Morgan fingerprint density at radius 2 is 2.16 bits per heavy atom. The first kappa shape index (κ1) is 14.4. The Bertz CT molecular complexity index is 562. The highest BCUT2D eigenvalue weighted by Crippen LogP contribution is 2.21. The number of benzene rings is 1. The first-order valence-corrected chi connectivity index (χ1v) is 6.78. The average molecular weight is 345 g/mol. The predicted octanol–water partition coefficient (Wildman–Crippen LogP) is 3.38. The number of hydrogen-bond donors (Lipinski definition) is 2. The van der Waals surface area contributed by atoms with Gasteiger partial charge in [-0.05, 0) is 52.2 Å². The van der Waals surface area contributed by atoms with E-state index < -0.39 is 5.82 Å². The maximum absolute atomic E-state index is 13.1. The van der Waals surface area contributed by atoms with Gasteiger partial charge in [-0.2, -0.15) is 0 Å². The molecule has 0 saturated carbocycles. The first-order valence-electron chi connectivity index (χ1n) is 5.61. The molecule has 0 bridgehead atoms. The van der Waals surface area contributed by atoms with E-state index in [1.54, 1.807) is 18.3 Å². The lowest BCUT2D eigenvalue weighted by atomic mass is 10.0. The van der Waals surface area contributed by atoms with Crippen LogP contribution < -0.4 is 11.3 Å². The molecule has 0 aliphatic carbocycles. The van der Waals surface area contributed by atoms with Crippen molar-refractivity contribution >= 4 is 27.5 Å². The Balaban J connectivity index is 2.18. The Morgan fingerprint density at radius 1 is 1.37 bits per heavy atom. The number of halogens is 3. The molecule has 0 aliphatic rings. The Hall–Kier alpha value is -1.01. The lowest BCUT2D eigenvalue weighted by molar-refractivity contribution is 0.537. The summed E-state index contributed by atoms with van der Waals surface area (Å²) in [5, 5.41) is 0.108. The highest BCUT2D eigenvalue weighted by Gasteiger charge is 2.13. The third kappa shape index (κ3) is 3.73. The Kier molecular flexibility index (Phi) is 4.87. The summed E-state index contributed by atoms with van der Waals surface area (Å²) in [6.45, 7) is 0. The molecule has 6 heteroatoms. The first-order chi connectivity index (χ1) is 9.10. The molecule has 0 radical (unpaired) electrons. The van der Waals surface area contributed by atoms with E-state index in [2.05, 4.69) is 26.3 Å². The van der Waals surface area contributed by atoms with Gasteiger partial charge in [0.2, 0.25) is 0 Å². The van der Waals surface area contributed by atoms with Crippen LogP contribution in [0.25, 0.3) is 0 Å². The van der Waals surface area contributed by atoms with Crippen molar-refractivity contribution in [2.45, 2.75) is 12.5 Å². The number of nitrogens with one attached hydrogen (secondary N) is 1. The van der Waals surface area contributed by atoms with Crippen LogP contribution in [0.5, 0.6) is 0 Å². The summed E-state index contributed by atoms with van der Waals surface area (Å²) in [5.74, 6) is 5.12. The average Bonchev–Trinajstić information content (AvgIpc) is 2.41. The predicted molar refractivity (Wildman–Crippen MR) is 77.1 cm³/mol. The van der Waals surface area contributed by atoms with E-state index in [0.717, 1.165) is 15.7 Å². The Morgan fingerprint density at radius 3 is 2.74 bits per heavy atom. The van der Waals surface area contributed by atoms with E-state index in [-0.39, 0.29) is 11.1 Å². The molecule has 1 atom stereocenters. The van der Waals surface area contributed by atoms with Crippen molar-refractivity contribution < 1.29 is 4.39 Å². The molecule has 0 fully saturated rings.